The summed E-state index contributed by atoms with van der Waals surface area (Å²) in [6, 6.07) is 14.1. The third-order valence-electron chi connectivity index (χ3n) is 5.27. The van der Waals surface area contributed by atoms with Crippen molar-refractivity contribution in [2.24, 2.45) is 0 Å². The van der Waals surface area contributed by atoms with Gasteiger partial charge in [0.05, 0.1) is 0 Å². The topological polar surface area (TPSA) is 12.5 Å². The van der Waals surface area contributed by atoms with Crippen LogP contribution in [0.3, 0.4) is 0 Å². The van der Waals surface area contributed by atoms with Crippen LogP contribution >= 0.6 is 0 Å². The number of rotatable bonds is 4. The van der Waals surface area contributed by atoms with Gasteiger partial charge in [-0.1, -0.05) is 36.4 Å². The standard InChI is InChI=1S/C21H19F4NO/c22-20-12-18(27-21(23,24)25)8-9-19(20)15-10-16-6-7-17(11-15)26(16)13-14-4-2-1-3-5-14/h1-5,8-10,12,16-17H,6-7,11,13H2. The van der Waals surface area contributed by atoms with Crippen molar-refractivity contribution in [2.75, 3.05) is 0 Å². The van der Waals surface area contributed by atoms with Crippen LogP contribution in [0, 0.1) is 5.82 Å². The number of halogens is 4. The van der Waals surface area contributed by atoms with Crippen molar-refractivity contribution in [1.82, 2.24) is 4.90 Å². The van der Waals surface area contributed by atoms with Crippen LogP contribution in [0.5, 0.6) is 5.75 Å². The first-order valence-electron chi connectivity index (χ1n) is 8.95. The fourth-order valence-corrected chi connectivity index (χ4v) is 4.11. The molecule has 27 heavy (non-hydrogen) atoms. The van der Waals surface area contributed by atoms with E-state index in [1.165, 1.54) is 17.7 Å². The van der Waals surface area contributed by atoms with Gasteiger partial charge < -0.3 is 4.74 Å². The van der Waals surface area contributed by atoms with E-state index in [0.717, 1.165) is 31.0 Å². The molecule has 2 aliphatic rings. The van der Waals surface area contributed by atoms with E-state index in [-0.39, 0.29) is 6.04 Å². The summed E-state index contributed by atoms with van der Waals surface area (Å²) < 4.78 is 55.1. The highest BCUT2D eigenvalue weighted by atomic mass is 19.4. The highest BCUT2D eigenvalue weighted by Gasteiger charge is 2.37. The van der Waals surface area contributed by atoms with Gasteiger partial charge in [0.2, 0.25) is 0 Å². The Labute approximate surface area is 155 Å². The zero-order valence-corrected chi connectivity index (χ0v) is 14.5. The van der Waals surface area contributed by atoms with Gasteiger partial charge in [-0.15, -0.1) is 13.2 Å². The Bertz CT molecular complexity index is 847. The number of benzene rings is 2. The number of hydrogen-bond acceptors (Lipinski definition) is 2. The lowest BCUT2D eigenvalue weighted by molar-refractivity contribution is -0.274. The van der Waals surface area contributed by atoms with Crippen LogP contribution in [-0.4, -0.2) is 23.3 Å². The molecular formula is C21H19F4NO. The molecule has 2 aromatic carbocycles. The third-order valence-corrected chi connectivity index (χ3v) is 5.27. The van der Waals surface area contributed by atoms with E-state index in [9.17, 15) is 17.6 Å². The molecule has 0 aliphatic carbocycles. The Morgan fingerprint density at radius 3 is 2.48 bits per heavy atom. The number of nitrogens with zero attached hydrogens (tertiary/aromatic N) is 1. The first kappa shape index (κ1) is 18.0. The third kappa shape index (κ3) is 4.00. The smallest absolute Gasteiger partial charge is 0.406 e. The monoisotopic (exact) mass is 377 g/mol. The van der Waals surface area contributed by atoms with Gasteiger partial charge in [0.15, 0.2) is 0 Å². The van der Waals surface area contributed by atoms with E-state index in [1.54, 1.807) is 0 Å². The number of hydrogen-bond donors (Lipinski definition) is 0. The van der Waals surface area contributed by atoms with Gasteiger partial charge in [0.1, 0.15) is 11.6 Å². The molecule has 0 N–H and O–H groups in total. The zero-order chi connectivity index (χ0) is 19.0. The van der Waals surface area contributed by atoms with Gasteiger partial charge in [0.25, 0.3) is 0 Å². The number of alkyl halides is 3. The summed E-state index contributed by atoms with van der Waals surface area (Å²) in [6.07, 6.45) is -0.0176. The quantitative estimate of drug-likeness (QED) is 0.648. The maximum Gasteiger partial charge on any atom is 0.573 e. The Morgan fingerprint density at radius 1 is 1.04 bits per heavy atom. The lowest BCUT2D eigenvalue weighted by Crippen LogP contribution is -2.37. The molecule has 2 aliphatic heterocycles. The molecule has 0 amide bonds. The van der Waals surface area contributed by atoms with Crippen LogP contribution in [0.25, 0.3) is 5.57 Å². The maximum absolute atomic E-state index is 14.4. The Morgan fingerprint density at radius 2 is 1.81 bits per heavy atom. The maximum atomic E-state index is 14.4. The van der Waals surface area contributed by atoms with E-state index < -0.39 is 17.9 Å². The largest absolute Gasteiger partial charge is 0.573 e. The van der Waals surface area contributed by atoms with E-state index in [4.69, 9.17) is 0 Å². The van der Waals surface area contributed by atoms with Crippen LogP contribution in [0.4, 0.5) is 17.6 Å². The van der Waals surface area contributed by atoms with Crippen molar-refractivity contribution < 1.29 is 22.3 Å². The normalized spacial score (nSPS) is 22.6. The molecule has 2 unspecified atom stereocenters. The van der Waals surface area contributed by atoms with Gasteiger partial charge in [-0.3, -0.25) is 4.90 Å². The lowest BCUT2D eigenvalue weighted by atomic mass is 9.94. The predicted molar refractivity (Wildman–Crippen MR) is 94.5 cm³/mol. The van der Waals surface area contributed by atoms with Crippen LogP contribution in [-0.2, 0) is 6.54 Å². The van der Waals surface area contributed by atoms with Crippen molar-refractivity contribution in [3.05, 3.63) is 71.6 Å². The second kappa shape index (κ2) is 7.00. The number of ether oxygens (including phenoxy) is 1. The summed E-state index contributed by atoms with van der Waals surface area (Å²) in [5.41, 5.74) is 2.47. The Hall–Kier alpha value is -2.34. The molecule has 0 spiro atoms. The van der Waals surface area contributed by atoms with Crippen molar-refractivity contribution in [2.45, 2.75) is 44.3 Å². The summed E-state index contributed by atoms with van der Waals surface area (Å²) >= 11 is 0. The molecule has 2 aromatic rings. The van der Waals surface area contributed by atoms with Gasteiger partial charge in [-0.25, -0.2) is 4.39 Å². The van der Waals surface area contributed by atoms with Crippen molar-refractivity contribution in [3.63, 3.8) is 0 Å². The summed E-state index contributed by atoms with van der Waals surface area (Å²) in [7, 11) is 0. The first-order chi connectivity index (χ1) is 12.9. The van der Waals surface area contributed by atoms with Crippen LogP contribution in [0.2, 0.25) is 0 Å². The summed E-state index contributed by atoms with van der Waals surface area (Å²) in [4.78, 5) is 2.43. The first-order valence-corrected chi connectivity index (χ1v) is 8.95. The van der Waals surface area contributed by atoms with Gasteiger partial charge in [-0.05, 0) is 42.5 Å². The lowest BCUT2D eigenvalue weighted by Gasteiger charge is -2.34. The minimum atomic E-state index is -4.82. The SMILES string of the molecule is Fc1cc(OC(F)(F)F)ccc1C1=CC2CCC(C1)N2Cc1ccccc1. The minimum absolute atomic E-state index is 0.226. The molecule has 0 radical (unpaired) electrons. The molecule has 142 valence electrons. The van der Waals surface area contributed by atoms with E-state index in [1.807, 2.05) is 18.2 Å². The van der Waals surface area contributed by atoms with E-state index in [2.05, 4.69) is 27.8 Å². The average Bonchev–Trinajstić information content (AvgIpc) is 2.83. The summed E-state index contributed by atoms with van der Waals surface area (Å²) in [5.74, 6) is -1.22. The average molecular weight is 377 g/mol. The predicted octanol–water partition coefficient (Wildman–Crippen LogP) is 5.54. The van der Waals surface area contributed by atoms with Gasteiger partial charge in [0, 0.05) is 30.3 Å². The van der Waals surface area contributed by atoms with Gasteiger partial charge >= 0.3 is 6.36 Å². The second-order valence-electron chi connectivity index (χ2n) is 7.04. The number of fused-ring (bicyclic) bond motifs is 2. The zero-order valence-electron chi connectivity index (χ0n) is 14.5. The molecule has 2 nitrogen and oxygen atoms in total. The highest BCUT2D eigenvalue weighted by Crippen LogP contribution is 2.40. The van der Waals surface area contributed by atoms with Crippen molar-refractivity contribution in [1.29, 1.82) is 0 Å². The second-order valence-corrected chi connectivity index (χ2v) is 7.04. The van der Waals surface area contributed by atoms with Crippen molar-refractivity contribution in [3.8, 4) is 5.75 Å². The van der Waals surface area contributed by atoms with Gasteiger partial charge in [-0.2, -0.15) is 0 Å². The summed E-state index contributed by atoms with van der Waals surface area (Å²) in [6.45, 7) is 0.848. The minimum Gasteiger partial charge on any atom is -0.406 e. The van der Waals surface area contributed by atoms with Crippen LogP contribution < -0.4 is 4.74 Å². The fourth-order valence-electron chi connectivity index (χ4n) is 4.11. The summed E-state index contributed by atoms with van der Waals surface area (Å²) in [5, 5.41) is 0. The molecule has 0 aromatic heterocycles. The van der Waals surface area contributed by atoms with E-state index in [0.29, 0.717) is 18.0 Å². The van der Waals surface area contributed by atoms with Crippen molar-refractivity contribution >= 4 is 5.57 Å². The Balaban J connectivity index is 1.53. The molecule has 1 saturated heterocycles. The van der Waals surface area contributed by atoms with Crippen LogP contribution in [0.1, 0.15) is 30.4 Å². The molecule has 2 bridgehead atoms. The molecular weight excluding hydrogens is 358 g/mol. The molecule has 0 saturated carbocycles. The Kier molecular flexibility index (Phi) is 4.68. The highest BCUT2D eigenvalue weighted by molar-refractivity contribution is 5.69. The molecule has 1 fully saturated rings. The molecule has 6 heteroatoms. The molecule has 4 rings (SSSR count). The molecule has 2 heterocycles. The van der Waals surface area contributed by atoms with Crippen LogP contribution in [0.15, 0.2) is 54.6 Å². The molecule has 2 atom stereocenters. The fraction of sp³-hybridized carbons (Fsp3) is 0.333. The van der Waals surface area contributed by atoms with E-state index >= 15 is 0 Å².